The number of fused-ring (bicyclic) bond motifs is 1. The van der Waals surface area contributed by atoms with Crippen LogP contribution < -0.4 is 15.4 Å². The average molecular weight is 307 g/mol. The quantitative estimate of drug-likeness (QED) is 0.883. The molecule has 114 valence electrons. The Hall–Kier alpha value is -1.82. The molecule has 0 spiro atoms. The van der Waals surface area contributed by atoms with Crippen LogP contribution in [0, 0.1) is 12.8 Å². The second-order valence-electron chi connectivity index (χ2n) is 5.32. The van der Waals surface area contributed by atoms with E-state index < -0.39 is 0 Å². The van der Waals surface area contributed by atoms with Gasteiger partial charge in [0, 0.05) is 12.6 Å². The first-order valence-electron chi connectivity index (χ1n) is 6.99. The van der Waals surface area contributed by atoms with Crippen LogP contribution in [0.15, 0.2) is 12.1 Å². The number of ether oxygens (including phenoxy) is 1. The first-order chi connectivity index (χ1) is 9.99. The molecule has 0 bridgehead atoms. The summed E-state index contributed by atoms with van der Waals surface area (Å²) in [5, 5.41) is 6.68. The highest BCUT2D eigenvalue weighted by Gasteiger charge is 2.11. The summed E-state index contributed by atoms with van der Waals surface area (Å²) in [5.74, 6) is 1.18. The van der Waals surface area contributed by atoms with Crippen LogP contribution in [0.25, 0.3) is 10.2 Å². The van der Waals surface area contributed by atoms with Crippen LogP contribution in [0.2, 0.25) is 0 Å². The number of methoxy groups -OCH3 is 1. The Labute approximate surface area is 128 Å². The van der Waals surface area contributed by atoms with E-state index in [0.29, 0.717) is 23.9 Å². The summed E-state index contributed by atoms with van der Waals surface area (Å²) < 4.78 is 6.36. The van der Waals surface area contributed by atoms with E-state index in [9.17, 15) is 4.79 Å². The van der Waals surface area contributed by atoms with Gasteiger partial charge in [0.2, 0.25) is 0 Å². The molecule has 0 radical (unpaired) electrons. The second kappa shape index (κ2) is 6.76. The van der Waals surface area contributed by atoms with E-state index in [1.165, 1.54) is 0 Å². The largest absolute Gasteiger partial charge is 0.494 e. The van der Waals surface area contributed by atoms with E-state index >= 15 is 0 Å². The normalized spacial score (nSPS) is 10.9. The van der Waals surface area contributed by atoms with Crippen LogP contribution in [0.5, 0.6) is 5.75 Å². The molecule has 0 atom stereocenters. The van der Waals surface area contributed by atoms with Gasteiger partial charge in [-0.1, -0.05) is 13.8 Å². The molecule has 21 heavy (non-hydrogen) atoms. The van der Waals surface area contributed by atoms with E-state index in [4.69, 9.17) is 4.74 Å². The molecular weight excluding hydrogens is 286 g/mol. The standard InChI is InChI=1S/C15H21N3O2S/c1-9(2)5-6-16-15(19)18-11-8-14-12(7-13(11)20-4)17-10(3)21-14/h7-9H,5-6H2,1-4H3,(H2,16,18,19). The number of rotatable bonds is 5. The fourth-order valence-electron chi connectivity index (χ4n) is 1.98. The third-order valence-electron chi connectivity index (χ3n) is 3.07. The van der Waals surface area contributed by atoms with Crippen LogP contribution in [0.4, 0.5) is 10.5 Å². The van der Waals surface area contributed by atoms with Crippen LogP contribution in [0.3, 0.4) is 0 Å². The number of carbonyl (C=O) groups excluding carboxylic acids is 1. The van der Waals surface area contributed by atoms with Crippen LogP contribution >= 0.6 is 11.3 Å². The van der Waals surface area contributed by atoms with Gasteiger partial charge in [-0.25, -0.2) is 9.78 Å². The van der Waals surface area contributed by atoms with E-state index in [-0.39, 0.29) is 6.03 Å². The van der Waals surface area contributed by atoms with Crippen molar-refractivity contribution in [3.63, 3.8) is 0 Å². The monoisotopic (exact) mass is 307 g/mol. The third-order valence-corrected chi connectivity index (χ3v) is 4.01. The van der Waals surface area contributed by atoms with Gasteiger partial charge >= 0.3 is 6.03 Å². The molecule has 0 saturated heterocycles. The number of aromatic nitrogens is 1. The van der Waals surface area contributed by atoms with Crippen molar-refractivity contribution in [1.29, 1.82) is 0 Å². The molecule has 0 aliphatic heterocycles. The average Bonchev–Trinajstić information content (AvgIpc) is 2.76. The lowest BCUT2D eigenvalue weighted by molar-refractivity contribution is 0.251. The van der Waals surface area contributed by atoms with Crippen molar-refractivity contribution < 1.29 is 9.53 Å². The molecule has 0 saturated carbocycles. The Bertz CT molecular complexity index is 637. The van der Waals surface area contributed by atoms with Crippen molar-refractivity contribution >= 4 is 33.3 Å². The van der Waals surface area contributed by atoms with E-state index in [1.807, 2.05) is 19.1 Å². The number of anilines is 1. The molecule has 0 unspecified atom stereocenters. The number of urea groups is 1. The number of amides is 2. The lowest BCUT2D eigenvalue weighted by Crippen LogP contribution is -2.30. The highest BCUT2D eigenvalue weighted by molar-refractivity contribution is 7.18. The number of carbonyl (C=O) groups is 1. The molecule has 0 aliphatic rings. The molecule has 2 amide bonds. The maximum absolute atomic E-state index is 11.9. The molecule has 0 aliphatic carbocycles. The third kappa shape index (κ3) is 4.07. The number of nitrogens with one attached hydrogen (secondary N) is 2. The SMILES string of the molecule is COc1cc2nc(C)sc2cc1NC(=O)NCCC(C)C. The van der Waals surface area contributed by atoms with E-state index in [1.54, 1.807) is 18.4 Å². The van der Waals surface area contributed by atoms with Gasteiger partial charge in [0.15, 0.2) is 0 Å². The predicted molar refractivity (Wildman–Crippen MR) is 87.4 cm³/mol. The summed E-state index contributed by atoms with van der Waals surface area (Å²) in [6, 6.07) is 3.54. The summed E-state index contributed by atoms with van der Waals surface area (Å²) in [6.45, 7) is 6.88. The minimum absolute atomic E-state index is 0.213. The maximum Gasteiger partial charge on any atom is 0.319 e. The molecule has 5 nitrogen and oxygen atoms in total. The highest BCUT2D eigenvalue weighted by atomic mass is 32.1. The topological polar surface area (TPSA) is 63.2 Å². The molecule has 1 heterocycles. The first-order valence-corrected chi connectivity index (χ1v) is 7.81. The number of benzene rings is 1. The van der Waals surface area contributed by atoms with Crippen molar-refractivity contribution in [3.05, 3.63) is 17.1 Å². The number of nitrogens with zero attached hydrogens (tertiary/aromatic N) is 1. The van der Waals surface area contributed by atoms with Crippen LogP contribution in [-0.4, -0.2) is 24.7 Å². The van der Waals surface area contributed by atoms with Crippen LogP contribution in [0.1, 0.15) is 25.3 Å². The van der Waals surface area contributed by atoms with Crippen molar-refractivity contribution in [1.82, 2.24) is 10.3 Å². The zero-order valence-corrected chi connectivity index (χ0v) is 13.6. The van der Waals surface area contributed by atoms with Crippen molar-refractivity contribution in [2.75, 3.05) is 19.0 Å². The van der Waals surface area contributed by atoms with Gasteiger partial charge in [0.1, 0.15) is 5.75 Å². The van der Waals surface area contributed by atoms with Gasteiger partial charge in [-0.2, -0.15) is 0 Å². The van der Waals surface area contributed by atoms with Gasteiger partial charge < -0.3 is 15.4 Å². The lowest BCUT2D eigenvalue weighted by atomic mass is 10.1. The lowest BCUT2D eigenvalue weighted by Gasteiger charge is -2.12. The number of hydrogen-bond acceptors (Lipinski definition) is 4. The number of thiazole rings is 1. The number of hydrogen-bond donors (Lipinski definition) is 2. The van der Waals surface area contributed by atoms with Crippen LogP contribution in [-0.2, 0) is 0 Å². The summed E-state index contributed by atoms with van der Waals surface area (Å²) in [5.41, 5.74) is 1.55. The van der Waals surface area contributed by atoms with E-state index in [2.05, 4.69) is 29.5 Å². The van der Waals surface area contributed by atoms with Crippen molar-refractivity contribution in [3.8, 4) is 5.75 Å². The molecule has 0 fully saturated rings. The minimum atomic E-state index is -0.213. The zero-order valence-electron chi connectivity index (χ0n) is 12.8. The zero-order chi connectivity index (χ0) is 15.4. The molecule has 1 aromatic carbocycles. The molecule has 2 N–H and O–H groups in total. The molecule has 1 aromatic heterocycles. The second-order valence-corrected chi connectivity index (χ2v) is 6.55. The Morgan fingerprint density at radius 2 is 2.19 bits per heavy atom. The van der Waals surface area contributed by atoms with Crippen molar-refractivity contribution in [2.24, 2.45) is 5.92 Å². The Morgan fingerprint density at radius 3 is 2.86 bits per heavy atom. The molecule has 2 aromatic rings. The Morgan fingerprint density at radius 1 is 1.43 bits per heavy atom. The fourth-order valence-corrected chi connectivity index (χ4v) is 2.83. The minimum Gasteiger partial charge on any atom is -0.494 e. The van der Waals surface area contributed by atoms with Gasteiger partial charge in [-0.15, -0.1) is 11.3 Å². The number of aryl methyl sites for hydroxylation is 1. The fraction of sp³-hybridized carbons (Fsp3) is 0.467. The molecule has 2 rings (SSSR count). The Balaban J connectivity index is 2.11. The summed E-state index contributed by atoms with van der Waals surface area (Å²) in [6.07, 6.45) is 0.956. The van der Waals surface area contributed by atoms with Gasteiger partial charge in [0.05, 0.1) is 28.0 Å². The maximum atomic E-state index is 11.9. The van der Waals surface area contributed by atoms with Gasteiger partial charge in [0.25, 0.3) is 0 Å². The van der Waals surface area contributed by atoms with Crippen molar-refractivity contribution in [2.45, 2.75) is 27.2 Å². The summed E-state index contributed by atoms with van der Waals surface area (Å²) in [7, 11) is 1.59. The molecule has 6 heteroatoms. The van der Waals surface area contributed by atoms with Gasteiger partial charge in [-0.3, -0.25) is 0 Å². The van der Waals surface area contributed by atoms with E-state index in [0.717, 1.165) is 21.6 Å². The smallest absolute Gasteiger partial charge is 0.319 e. The summed E-state index contributed by atoms with van der Waals surface area (Å²) in [4.78, 5) is 16.3. The first kappa shape index (κ1) is 15.6. The highest BCUT2D eigenvalue weighted by Crippen LogP contribution is 2.32. The van der Waals surface area contributed by atoms with Gasteiger partial charge in [-0.05, 0) is 25.3 Å². The summed E-state index contributed by atoms with van der Waals surface area (Å²) >= 11 is 1.60. The predicted octanol–water partition coefficient (Wildman–Crippen LogP) is 3.78. The Kier molecular flexibility index (Phi) is 5.01. The molecular formula is C15H21N3O2S.